The standard InChI is InChI=1S/C15H24N6O3S/c1-5-23-9(2)13-19-20-15(24-13)21-7-6-11(12(25)8-21)17-10(3)18-14(22)16-4/h9,25H,5-8H2,1-4H3,(H2,16,17,18,22)/t9-/m1/s1. The summed E-state index contributed by atoms with van der Waals surface area (Å²) in [6.07, 6.45) is 0.422. The number of nitrogens with one attached hydrogen (secondary N) is 2. The minimum Gasteiger partial charge on any atom is -0.405 e. The second-order valence-corrected chi connectivity index (χ2v) is 6.03. The first-order valence-corrected chi connectivity index (χ1v) is 8.54. The molecule has 0 aromatic carbocycles. The number of carbonyl (C=O) groups excluding carboxylic acids is 1. The number of anilines is 1. The van der Waals surface area contributed by atoms with Crippen LogP contribution in [0.2, 0.25) is 0 Å². The van der Waals surface area contributed by atoms with E-state index in [1.54, 1.807) is 14.0 Å². The van der Waals surface area contributed by atoms with E-state index in [9.17, 15) is 4.79 Å². The monoisotopic (exact) mass is 368 g/mol. The zero-order chi connectivity index (χ0) is 18.4. The lowest BCUT2D eigenvalue weighted by molar-refractivity contribution is 0.0566. The molecule has 10 heteroatoms. The first-order valence-electron chi connectivity index (χ1n) is 8.09. The Morgan fingerprint density at radius 1 is 1.52 bits per heavy atom. The summed E-state index contributed by atoms with van der Waals surface area (Å²) in [5.41, 5.74) is 0.830. The van der Waals surface area contributed by atoms with E-state index in [0.29, 0.717) is 43.9 Å². The van der Waals surface area contributed by atoms with Crippen LogP contribution < -0.4 is 15.5 Å². The molecule has 0 unspecified atom stereocenters. The number of thiol groups is 1. The largest absolute Gasteiger partial charge is 0.405 e. The first-order chi connectivity index (χ1) is 11.9. The zero-order valence-corrected chi connectivity index (χ0v) is 15.8. The Labute approximate surface area is 152 Å². The van der Waals surface area contributed by atoms with Gasteiger partial charge in [-0.2, -0.15) is 0 Å². The fourth-order valence-electron chi connectivity index (χ4n) is 2.32. The van der Waals surface area contributed by atoms with Crippen molar-refractivity contribution in [2.75, 3.05) is 31.6 Å². The highest BCUT2D eigenvalue weighted by molar-refractivity contribution is 7.84. The van der Waals surface area contributed by atoms with Crippen LogP contribution in [0.15, 0.2) is 20.0 Å². The van der Waals surface area contributed by atoms with Crippen molar-refractivity contribution in [1.29, 1.82) is 0 Å². The maximum absolute atomic E-state index is 11.3. The number of nitrogens with zero attached hydrogens (tertiary/aromatic N) is 4. The highest BCUT2D eigenvalue weighted by Crippen LogP contribution is 2.27. The minimum absolute atomic E-state index is 0.236. The Hall–Kier alpha value is -2.07. The lowest BCUT2D eigenvalue weighted by atomic mass is 10.2. The normalized spacial score (nSPS) is 16.8. The molecular formula is C15H24N6O3S. The highest BCUT2D eigenvalue weighted by Gasteiger charge is 2.23. The molecule has 0 fully saturated rings. The Morgan fingerprint density at radius 3 is 2.92 bits per heavy atom. The summed E-state index contributed by atoms with van der Waals surface area (Å²) in [7, 11) is 1.55. The van der Waals surface area contributed by atoms with E-state index in [1.165, 1.54) is 0 Å². The van der Waals surface area contributed by atoms with Gasteiger partial charge in [-0.15, -0.1) is 17.7 Å². The van der Waals surface area contributed by atoms with Crippen LogP contribution >= 0.6 is 12.6 Å². The summed E-state index contributed by atoms with van der Waals surface area (Å²) >= 11 is 4.52. The molecule has 1 aromatic rings. The molecule has 2 amide bonds. The van der Waals surface area contributed by atoms with Gasteiger partial charge in [-0.1, -0.05) is 5.10 Å². The Kier molecular flexibility index (Phi) is 6.82. The number of carbonyl (C=O) groups is 1. The molecule has 25 heavy (non-hydrogen) atoms. The molecule has 2 heterocycles. The number of urea groups is 1. The quantitative estimate of drug-likeness (QED) is 0.416. The predicted octanol–water partition coefficient (Wildman–Crippen LogP) is 1.87. The number of aliphatic imine (C=N–C) groups is 1. The molecule has 1 atom stereocenters. The summed E-state index contributed by atoms with van der Waals surface area (Å²) in [5.74, 6) is 0.968. The third-order valence-corrected chi connectivity index (χ3v) is 3.98. The minimum atomic E-state index is -0.304. The third-order valence-electron chi connectivity index (χ3n) is 3.58. The van der Waals surface area contributed by atoms with Gasteiger partial charge in [-0.3, -0.25) is 5.32 Å². The third kappa shape index (κ3) is 5.20. The lowest BCUT2D eigenvalue weighted by Gasteiger charge is -2.26. The number of hydrogen-bond donors (Lipinski definition) is 3. The molecule has 1 aliphatic heterocycles. The molecule has 0 bridgehead atoms. The summed E-state index contributed by atoms with van der Waals surface area (Å²) in [6, 6.07) is 0.137. The molecule has 2 N–H and O–H groups in total. The smallest absolute Gasteiger partial charge is 0.319 e. The van der Waals surface area contributed by atoms with Gasteiger partial charge in [-0.05, 0) is 20.8 Å². The molecule has 9 nitrogen and oxygen atoms in total. The molecule has 0 spiro atoms. The number of amides is 2. The lowest BCUT2D eigenvalue weighted by Crippen LogP contribution is -2.36. The molecule has 0 saturated heterocycles. The van der Waals surface area contributed by atoms with Crippen LogP contribution in [0, 0.1) is 0 Å². The van der Waals surface area contributed by atoms with Gasteiger partial charge in [0, 0.05) is 31.5 Å². The first kappa shape index (κ1) is 19.3. The van der Waals surface area contributed by atoms with E-state index < -0.39 is 0 Å². The molecule has 2 rings (SSSR count). The van der Waals surface area contributed by atoms with Crippen LogP contribution in [0.25, 0.3) is 0 Å². The SMILES string of the molecule is CCO[C@H](C)c1nnc(N2CCC(N=C(C)NC(=O)NC)=C(S)C2)o1. The van der Waals surface area contributed by atoms with Crippen LogP contribution in [-0.2, 0) is 4.74 Å². The molecule has 138 valence electrons. The van der Waals surface area contributed by atoms with Crippen molar-refractivity contribution in [2.24, 2.45) is 4.99 Å². The van der Waals surface area contributed by atoms with Gasteiger partial charge in [0.15, 0.2) is 0 Å². The number of hydrogen-bond acceptors (Lipinski definition) is 8. The van der Waals surface area contributed by atoms with Gasteiger partial charge in [0.25, 0.3) is 0 Å². The number of aromatic nitrogens is 2. The maximum Gasteiger partial charge on any atom is 0.319 e. The van der Waals surface area contributed by atoms with Gasteiger partial charge in [-0.25, -0.2) is 9.79 Å². The van der Waals surface area contributed by atoms with Crippen LogP contribution in [0.1, 0.15) is 39.2 Å². The number of rotatable bonds is 5. The van der Waals surface area contributed by atoms with Crippen molar-refractivity contribution in [3.05, 3.63) is 16.5 Å². The van der Waals surface area contributed by atoms with Crippen LogP contribution in [0.5, 0.6) is 0 Å². The van der Waals surface area contributed by atoms with Crippen molar-refractivity contribution in [1.82, 2.24) is 20.8 Å². The number of amidine groups is 1. The summed E-state index contributed by atoms with van der Waals surface area (Å²) in [5, 5.41) is 13.2. The van der Waals surface area contributed by atoms with Gasteiger partial charge in [0.05, 0.1) is 12.2 Å². The van der Waals surface area contributed by atoms with Crippen molar-refractivity contribution >= 4 is 30.5 Å². The summed E-state index contributed by atoms with van der Waals surface area (Å²) in [6.45, 7) is 7.28. The van der Waals surface area contributed by atoms with Crippen molar-refractivity contribution in [2.45, 2.75) is 33.3 Å². The van der Waals surface area contributed by atoms with Crippen LogP contribution in [0.4, 0.5) is 10.8 Å². The van der Waals surface area contributed by atoms with E-state index in [1.807, 2.05) is 18.7 Å². The maximum atomic E-state index is 11.3. The number of ether oxygens (including phenoxy) is 1. The Morgan fingerprint density at radius 2 is 2.28 bits per heavy atom. The van der Waals surface area contributed by atoms with E-state index in [0.717, 1.165) is 10.6 Å². The second-order valence-electron chi connectivity index (χ2n) is 5.49. The van der Waals surface area contributed by atoms with Gasteiger partial charge in [0.1, 0.15) is 11.9 Å². The fourth-order valence-corrected chi connectivity index (χ4v) is 2.65. The molecule has 0 saturated carbocycles. The second kappa shape index (κ2) is 8.86. The van der Waals surface area contributed by atoms with E-state index in [2.05, 4.69) is 38.5 Å². The Balaban J connectivity index is 2.04. The molecule has 0 aliphatic carbocycles. The fraction of sp³-hybridized carbons (Fsp3) is 0.600. The molecule has 1 aliphatic rings. The summed E-state index contributed by atoms with van der Waals surface area (Å²) < 4.78 is 11.1. The van der Waals surface area contributed by atoms with E-state index >= 15 is 0 Å². The predicted molar refractivity (Wildman–Crippen MR) is 97.9 cm³/mol. The van der Waals surface area contributed by atoms with Gasteiger partial charge >= 0.3 is 12.0 Å². The summed E-state index contributed by atoms with van der Waals surface area (Å²) in [4.78, 5) is 18.5. The van der Waals surface area contributed by atoms with E-state index in [-0.39, 0.29) is 12.1 Å². The molecule has 1 aromatic heterocycles. The van der Waals surface area contributed by atoms with Crippen LogP contribution in [0.3, 0.4) is 0 Å². The highest BCUT2D eigenvalue weighted by atomic mass is 32.1. The zero-order valence-electron chi connectivity index (χ0n) is 14.9. The van der Waals surface area contributed by atoms with Crippen molar-refractivity contribution in [3.8, 4) is 0 Å². The topological polar surface area (TPSA) is 105 Å². The van der Waals surface area contributed by atoms with E-state index in [4.69, 9.17) is 9.15 Å². The average Bonchev–Trinajstić information content (AvgIpc) is 3.07. The van der Waals surface area contributed by atoms with Gasteiger partial charge in [0.2, 0.25) is 5.89 Å². The molecular weight excluding hydrogens is 344 g/mol. The van der Waals surface area contributed by atoms with Gasteiger partial charge < -0.3 is 19.4 Å². The van der Waals surface area contributed by atoms with Crippen LogP contribution in [-0.4, -0.2) is 48.8 Å². The van der Waals surface area contributed by atoms with Crippen molar-refractivity contribution in [3.63, 3.8) is 0 Å². The average molecular weight is 368 g/mol. The van der Waals surface area contributed by atoms with Crippen molar-refractivity contribution < 1.29 is 13.9 Å². The Bertz CT molecular complexity index is 672. The molecule has 0 radical (unpaired) electrons.